The molecule has 0 N–H and O–H groups in total. The van der Waals surface area contributed by atoms with Crippen LogP contribution in [-0.2, 0) is 5.41 Å². The molecule has 29 heavy (non-hydrogen) atoms. The highest BCUT2D eigenvalue weighted by Gasteiger charge is 2.38. The van der Waals surface area contributed by atoms with Crippen LogP contribution in [0.15, 0.2) is 77.3 Å². The van der Waals surface area contributed by atoms with Crippen molar-refractivity contribution in [2.45, 2.75) is 26.2 Å². The molecule has 0 spiro atoms. The van der Waals surface area contributed by atoms with E-state index in [-0.39, 0.29) is 5.41 Å². The summed E-state index contributed by atoms with van der Waals surface area (Å²) in [6.07, 6.45) is 1.84. The molecule has 6 rings (SSSR count). The van der Waals surface area contributed by atoms with E-state index in [1.807, 2.05) is 18.3 Å². The fourth-order valence-electron chi connectivity index (χ4n) is 5.13. The predicted molar refractivity (Wildman–Crippen MR) is 119 cm³/mol. The number of furan rings is 1. The third-order valence-electron chi connectivity index (χ3n) is 6.45. The quantitative estimate of drug-likeness (QED) is 0.308. The van der Waals surface area contributed by atoms with Crippen molar-refractivity contribution < 1.29 is 4.42 Å². The van der Waals surface area contributed by atoms with E-state index in [1.165, 1.54) is 38.6 Å². The molecule has 0 saturated carbocycles. The Kier molecular flexibility index (Phi) is 3.18. The van der Waals surface area contributed by atoms with Crippen LogP contribution in [0.1, 0.15) is 30.5 Å². The topological polar surface area (TPSA) is 26.0 Å². The Morgan fingerprint density at radius 3 is 2.48 bits per heavy atom. The molecule has 0 saturated heterocycles. The van der Waals surface area contributed by atoms with Gasteiger partial charge in [0.1, 0.15) is 11.2 Å². The highest BCUT2D eigenvalue weighted by molar-refractivity contribution is 6.14. The molecule has 0 aliphatic heterocycles. The van der Waals surface area contributed by atoms with E-state index < -0.39 is 0 Å². The van der Waals surface area contributed by atoms with Crippen LogP contribution >= 0.6 is 0 Å². The lowest BCUT2D eigenvalue weighted by molar-refractivity contribution is 0.657. The standard InChI is InChI=1S/C27H21NO/c1-16-11-12-19-24-22(29-26(19)23(16)21-10-6-7-15-28-21)14-13-18-17-8-4-5-9-20(17)27(2,3)25(18)24/h4-15H,1-3H3. The average molecular weight is 375 g/mol. The summed E-state index contributed by atoms with van der Waals surface area (Å²) in [5.41, 5.74) is 10.4. The van der Waals surface area contributed by atoms with Gasteiger partial charge in [-0.05, 0) is 52.9 Å². The minimum Gasteiger partial charge on any atom is -0.455 e. The number of aromatic nitrogens is 1. The second-order valence-electron chi connectivity index (χ2n) is 8.48. The van der Waals surface area contributed by atoms with Gasteiger partial charge in [0.15, 0.2) is 0 Å². The third-order valence-corrected chi connectivity index (χ3v) is 6.45. The molecular formula is C27H21NO. The summed E-state index contributed by atoms with van der Waals surface area (Å²) < 4.78 is 6.50. The molecule has 0 radical (unpaired) electrons. The lowest BCUT2D eigenvalue weighted by atomic mass is 9.80. The summed E-state index contributed by atoms with van der Waals surface area (Å²) in [5, 5.41) is 2.40. The second-order valence-corrected chi connectivity index (χ2v) is 8.48. The lowest BCUT2D eigenvalue weighted by Crippen LogP contribution is -2.15. The fourth-order valence-corrected chi connectivity index (χ4v) is 5.13. The zero-order valence-electron chi connectivity index (χ0n) is 16.8. The highest BCUT2D eigenvalue weighted by atomic mass is 16.3. The maximum atomic E-state index is 6.50. The van der Waals surface area contributed by atoms with Crippen LogP contribution in [0, 0.1) is 6.92 Å². The van der Waals surface area contributed by atoms with E-state index >= 15 is 0 Å². The van der Waals surface area contributed by atoms with Gasteiger partial charge in [-0.3, -0.25) is 4.98 Å². The summed E-state index contributed by atoms with van der Waals surface area (Å²) >= 11 is 0. The summed E-state index contributed by atoms with van der Waals surface area (Å²) in [4.78, 5) is 4.60. The predicted octanol–water partition coefficient (Wildman–Crippen LogP) is 7.26. The van der Waals surface area contributed by atoms with Crippen LogP contribution in [0.4, 0.5) is 0 Å². The van der Waals surface area contributed by atoms with E-state index in [4.69, 9.17) is 4.42 Å². The van der Waals surface area contributed by atoms with Crippen molar-refractivity contribution >= 4 is 21.9 Å². The number of nitrogens with zero attached hydrogens (tertiary/aromatic N) is 1. The third kappa shape index (κ3) is 2.09. The molecule has 1 aliphatic rings. The van der Waals surface area contributed by atoms with Crippen molar-refractivity contribution in [3.63, 3.8) is 0 Å². The monoisotopic (exact) mass is 375 g/mol. The van der Waals surface area contributed by atoms with E-state index in [0.29, 0.717) is 0 Å². The first-order valence-electron chi connectivity index (χ1n) is 10.1. The van der Waals surface area contributed by atoms with Crippen LogP contribution in [0.3, 0.4) is 0 Å². The molecule has 0 fully saturated rings. The Morgan fingerprint density at radius 2 is 1.66 bits per heavy atom. The van der Waals surface area contributed by atoms with Crippen LogP contribution < -0.4 is 0 Å². The Labute approximate surface area is 169 Å². The Hall–Kier alpha value is -3.39. The van der Waals surface area contributed by atoms with E-state index in [9.17, 15) is 0 Å². The first-order chi connectivity index (χ1) is 14.1. The van der Waals surface area contributed by atoms with Crippen molar-refractivity contribution in [3.8, 4) is 22.4 Å². The molecule has 1 aliphatic carbocycles. The smallest absolute Gasteiger partial charge is 0.145 e. The van der Waals surface area contributed by atoms with Crippen LogP contribution in [0.2, 0.25) is 0 Å². The number of rotatable bonds is 1. The van der Waals surface area contributed by atoms with Crippen LogP contribution in [0.25, 0.3) is 44.3 Å². The Morgan fingerprint density at radius 1 is 0.828 bits per heavy atom. The van der Waals surface area contributed by atoms with Crippen LogP contribution in [0.5, 0.6) is 0 Å². The number of benzene rings is 3. The van der Waals surface area contributed by atoms with Crippen molar-refractivity contribution in [2.75, 3.05) is 0 Å². The van der Waals surface area contributed by atoms with Gasteiger partial charge in [0.05, 0.1) is 5.69 Å². The zero-order valence-corrected chi connectivity index (χ0v) is 16.8. The number of pyridine rings is 1. The maximum absolute atomic E-state index is 6.50. The number of fused-ring (bicyclic) bond motifs is 7. The zero-order chi connectivity index (χ0) is 19.8. The molecule has 140 valence electrons. The molecule has 5 aromatic rings. The summed E-state index contributed by atoms with van der Waals surface area (Å²) in [5.74, 6) is 0. The summed E-state index contributed by atoms with van der Waals surface area (Å²) in [6.45, 7) is 6.77. The van der Waals surface area contributed by atoms with Gasteiger partial charge in [-0.15, -0.1) is 0 Å². The summed E-state index contributed by atoms with van der Waals surface area (Å²) in [7, 11) is 0. The SMILES string of the molecule is Cc1ccc2c(oc3ccc4c(c32)C(C)(C)c2ccccc2-4)c1-c1ccccn1. The van der Waals surface area contributed by atoms with Gasteiger partial charge in [-0.2, -0.15) is 0 Å². The van der Waals surface area contributed by atoms with Crippen molar-refractivity contribution in [3.05, 3.63) is 89.6 Å². The largest absolute Gasteiger partial charge is 0.455 e. The van der Waals surface area contributed by atoms with E-state index in [2.05, 4.69) is 80.4 Å². The molecule has 2 heteroatoms. The van der Waals surface area contributed by atoms with E-state index in [0.717, 1.165) is 22.4 Å². The fraction of sp³-hybridized carbons (Fsp3) is 0.148. The Bertz CT molecular complexity index is 1420. The molecule has 0 bridgehead atoms. The average Bonchev–Trinajstić information content (AvgIpc) is 3.21. The van der Waals surface area contributed by atoms with Crippen LogP contribution in [-0.4, -0.2) is 4.98 Å². The van der Waals surface area contributed by atoms with E-state index in [1.54, 1.807) is 0 Å². The molecular weight excluding hydrogens is 354 g/mol. The van der Waals surface area contributed by atoms with Gasteiger partial charge in [-0.25, -0.2) is 0 Å². The van der Waals surface area contributed by atoms with Crippen molar-refractivity contribution in [1.29, 1.82) is 0 Å². The number of hydrogen-bond donors (Lipinski definition) is 0. The molecule has 2 heterocycles. The molecule has 0 atom stereocenters. The summed E-state index contributed by atoms with van der Waals surface area (Å²) in [6, 6.07) is 23.5. The van der Waals surface area contributed by atoms with Gasteiger partial charge in [0.25, 0.3) is 0 Å². The van der Waals surface area contributed by atoms with Gasteiger partial charge < -0.3 is 4.42 Å². The molecule has 2 nitrogen and oxygen atoms in total. The van der Waals surface area contributed by atoms with Gasteiger partial charge in [0.2, 0.25) is 0 Å². The minimum atomic E-state index is -0.0711. The lowest BCUT2D eigenvalue weighted by Gasteiger charge is -2.22. The number of aryl methyl sites for hydroxylation is 1. The maximum Gasteiger partial charge on any atom is 0.145 e. The normalized spacial score (nSPS) is 14.3. The minimum absolute atomic E-state index is 0.0711. The molecule has 0 unspecified atom stereocenters. The van der Waals surface area contributed by atoms with Gasteiger partial charge in [-0.1, -0.05) is 62.4 Å². The first kappa shape index (κ1) is 16.6. The first-order valence-corrected chi connectivity index (χ1v) is 10.1. The van der Waals surface area contributed by atoms with Crippen molar-refractivity contribution in [2.24, 2.45) is 0 Å². The van der Waals surface area contributed by atoms with Crippen molar-refractivity contribution in [1.82, 2.24) is 4.98 Å². The second kappa shape index (κ2) is 5.57. The van der Waals surface area contributed by atoms with Gasteiger partial charge >= 0.3 is 0 Å². The number of hydrogen-bond acceptors (Lipinski definition) is 2. The molecule has 0 amide bonds. The highest BCUT2D eigenvalue weighted by Crippen LogP contribution is 2.53. The Balaban J connectivity index is 1.77. The molecule has 2 aromatic heterocycles. The molecule has 3 aromatic carbocycles. The van der Waals surface area contributed by atoms with Gasteiger partial charge in [0, 0.05) is 27.9 Å².